The van der Waals surface area contributed by atoms with Crippen molar-refractivity contribution in [1.29, 1.82) is 0 Å². The van der Waals surface area contributed by atoms with Gasteiger partial charge in [0.1, 0.15) is 5.01 Å². The van der Waals surface area contributed by atoms with E-state index >= 15 is 0 Å². The molecule has 0 aliphatic carbocycles. The van der Waals surface area contributed by atoms with Crippen molar-refractivity contribution in [3.05, 3.63) is 48.1 Å². The van der Waals surface area contributed by atoms with Gasteiger partial charge in [-0.05, 0) is 23.4 Å². The number of aromatic amines is 1. The van der Waals surface area contributed by atoms with Crippen LogP contribution in [0.2, 0.25) is 0 Å². The zero-order valence-corrected chi connectivity index (χ0v) is 15.1. The third kappa shape index (κ3) is 3.00. The summed E-state index contributed by atoms with van der Waals surface area (Å²) >= 11 is 1.46. The molecule has 1 aromatic carbocycles. The molecule has 0 amide bonds. The minimum atomic E-state index is -3.49. The molecule has 26 heavy (non-hydrogen) atoms. The molecule has 4 aromatic rings. The van der Waals surface area contributed by atoms with E-state index in [2.05, 4.69) is 30.6 Å². The van der Waals surface area contributed by atoms with Crippen LogP contribution in [0.1, 0.15) is 0 Å². The van der Waals surface area contributed by atoms with Crippen molar-refractivity contribution >= 4 is 21.2 Å². The fraction of sp³-hybridized carbons (Fsp3) is 0.0625. The van der Waals surface area contributed by atoms with Gasteiger partial charge in [0.2, 0.25) is 5.82 Å². The molecule has 0 radical (unpaired) electrons. The summed E-state index contributed by atoms with van der Waals surface area (Å²) in [5.74, 6) is 0.208. The average molecular weight is 384 g/mol. The van der Waals surface area contributed by atoms with Crippen LogP contribution in [0.15, 0.2) is 53.0 Å². The van der Waals surface area contributed by atoms with E-state index in [0.29, 0.717) is 16.8 Å². The number of benzene rings is 1. The Labute approximate surface area is 152 Å². The summed E-state index contributed by atoms with van der Waals surface area (Å²) in [5, 5.41) is 16.5. The first-order valence-electron chi connectivity index (χ1n) is 7.47. The van der Waals surface area contributed by atoms with Crippen molar-refractivity contribution in [2.75, 3.05) is 6.26 Å². The van der Waals surface area contributed by atoms with Crippen LogP contribution in [0.5, 0.6) is 0 Å². The standard InChI is InChI=1S/C16H12N6O2S2/c1-26(23,24)13-4-2-3-11(14(13)15-19-21-22-20-15)12-9-25-16(18-12)10-5-7-17-8-6-10/h2-9H,1H3,(H,19,20,21,22). The molecular formula is C16H12N6O2S2. The summed E-state index contributed by atoms with van der Waals surface area (Å²) < 4.78 is 24.5. The van der Waals surface area contributed by atoms with Crippen LogP contribution in [0, 0.1) is 0 Å². The summed E-state index contributed by atoms with van der Waals surface area (Å²) in [6.07, 6.45) is 4.55. The van der Waals surface area contributed by atoms with Crippen LogP contribution in [-0.2, 0) is 9.84 Å². The summed E-state index contributed by atoms with van der Waals surface area (Å²) in [4.78, 5) is 8.79. The number of H-pyrrole nitrogens is 1. The Bertz CT molecular complexity index is 1150. The predicted molar refractivity (Wildman–Crippen MR) is 97.1 cm³/mol. The van der Waals surface area contributed by atoms with Crippen LogP contribution in [0.3, 0.4) is 0 Å². The molecule has 0 saturated carbocycles. The molecule has 130 valence electrons. The first kappa shape index (κ1) is 16.5. The van der Waals surface area contributed by atoms with Crippen molar-refractivity contribution in [2.45, 2.75) is 4.90 Å². The minimum absolute atomic E-state index is 0.134. The maximum absolute atomic E-state index is 12.2. The van der Waals surface area contributed by atoms with Crippen LogP contribution in [0.25, 0.3) is 33.2 Å². The van der Waals surface area contributed by atoms with Crippen molar-refractivity contribution in [1.82, 2.24) is 30.6 Å². The van der Waals surface area contributed by atoms with Gasteiger partial charge in [-0.15, -0.1) is 21.5 Å². The van der Waals surface area contributed by atoms with E-state index in [1.165, 1.54) is 17.4 Å². The lowest BCUT2D eigenvalue weighted by Crippen LogP contribution is -2.02. The van der Waals surface area contributed by atoms with E-state index in [-0.39, 0.29) is 10.7 Å². The van der Waals surface area contributed by atoms with Crippen molar-refractivity contribution in [2.24, 2.45) is 0 Å². The van der Waals surface area contributed by atoms with Gasteiger partial charge in [0, 0.05) is 35.2 Å². The molecule has 0 atom stereocenters. The zero-order valence-electron chi connectivity index (χ0n) is 13.5. The number of nitrogens with zero attached hydrogens (tertiary/aromatic N) is 5. The van der Waals surface area contributed by atoms with E-state index in [0.717, 1.165) is 16.8 Å². The van der Waals surface area contributed by atoms with Gasteiger partial charge in [0.25, 0.3) is 0 Å². The SMILES string of the molecule is CS(=O)(=O)c1cccc(-c2csc(-c3ccncc3)n2)c1-c1nn[nH]n1. The Morgan fingerprint density at radius 2 is 1.92 bits per heavy atom. The maximum Gasteiger partial charge on any atom is 0.206 e. The molecule has 0 spiro atoms. The monoisotopic (exact) mass is 384 g/mol. The number of aromatic nitrogens is 6. The van der Waals surface area contributed by atoms with Crippen molar-refractivity contribution in [3.63, 3.8) is 0 Å². The van der Waals surface area contributed by atoms with E-state index in [1.807, 2.05) is 17.5 Å². The van der Waals surface area contributed by atoms with Crippen LogP contribution >= 0.6 is 11.3 Å². The second-order valence-corrected chi connectivity index (χ2v) is 8.30. The van der Waals surface area contributed by atoms with E-state index in [9.17, 15) is 8.42 Å². The first-order chi connectivity index (χ1) is 12.5. The number of pyridine rings is 1. The fourth-order valence-corrected chi connectivity index (χ4v) is 4.30. The highest BCUT2D eigenvalue weighted by atomic mass is 32.2. The Morgan fingerprint density at radius 1 is 1.12 bits per heavy atom. The minimum Gasteiger partial charge on any atom is -0.265 e. The Kier molecular flexibility index (Phi) is 4.05. The van der Waals surface area contributed by atoms with Crippen molar-refractivity contribution < 1.29 is 8.42 Å². The lowest BCUT2D eigenvalue weighted by molar-refractivity contribution is 0.602. The zero-order chi connectivity index (χ0) is 18.1. The lowest BCUT2D eigenvalue weighted by Gasteiger charge is -2.09. The number of rotatable bonds is 4. The molecule has 3 aromatic heterocycles. The highest BCUT2D eigenvalue weighted by molar-refractivity contribution is 7.90. The molecule has 8 nitrogen and oxygen atoms in total. The van der Waals surface area contributed by atoms with Crippen LogP contribution < -0.4 is 0 Å². The van der Waals surface area contributed by atoms with Gasteiger partial charge in [0.05, 0.1) is 16.2 Å². The van der Waals surface area contributed by atoms with E-state index in [1.54, 1.807) is 24.5 Å². The molecule has 0 fully saturated rings. The van der Waals surface area contributed by atoms with Crippen LogP contribution in [0.4, 0.5) is 0 Å². The molecular weight excluding hydrogens is 372 g/mol. The predicted octanol–water partition coefficient (Wildman–Crippen LogP) is 2.46. The number of tetrazole rings is 1. The Morgan fingerprint density at radius 3 is 2.62 bits per heavy atom. The van der Waals surface area contributed by atoms with Gasteiger partial charge in [-0.3, -0.25) is 4.98 Å². The first-order valence-corrected chi connectivity index (χ1v) is 10.2. The number of sulfone groups is 1. The van der Waals surface area contributed by atoms with E-state index in [4.69, 9.17) is 0 Å². The van der Waals surface area contributed by atoms with Gasteiger partial charge in [-0.2, -0.15) is 5.21 Å². The average Bonchev–Trinajstić information content (AvgIpc) is 3.33. The third-order valence-electron chi connectivity index (χ3n) is 3.70. The molecule has 4 rings (SSSR count). The second kappa shape index (κ2) is 6.39. The summed E-state index contributed by atoms with van der Waals surface area (Å²) in [6, 6.07) is 8.75. The number of nitrogens with one attached hydrogen (secondary N) is 1. The molecule has 10 heteroatoms. The van der Waals surface area contributed by atoms with E-state index < -0.39 is 9.84 Å². The fourth-order valence-electron chi connectivity index (χ4n) is 2.58. The molecule has 0 bridgehead atoms. The number of hydrogen-bond donors (Lipinski definition) is 1. The van der Waals surface area contributed by atoms with Crippen LogP contribution in [-0.4, -0.2) is 45.3 Å². The highest BCUT2D eigenvalue weighted by Crippen LogP contribution is 2.37. The molecule has 0 aliphatic rings. The van der Waals surface area contributed by atoms with Gasteiger partial charge in [-0.1, -0.05) is 12.1 Å². The third-order valence-corrected chi connectivity index (χ3v) is 5.73. The Hall–Kier alpha value is -2.98. The summed E-state index contributed by atoms with van der Waals surface area (Å²) in [6.45, 7) is 0. The Balaban J connectivity index is 1.92. The van der Waals surface area contributed by atoms with Gasteiger partial charge < -0.3 is 0 Å². The summed E-state index contributed by atoms with van der Waals surface area (Å²) in [5.41, 5.74) is 2.60. The van der Waals surface area contributed by atoms with Gasteiger partial charge >= 0.3 is 0 Å². The quantitative estimate of drug-likeness (QED) is 0.575. The lowest BCUT2D eigenvalue weighted by atomic mass is 10.0. The van der Waals surface area contributed by atoms with Crippen molar-refractivity contribution in [3.8, 4) is 33.2 Å². The molecule has 1 N–H and O–H groups in total. The maximum atomic E-state index is 12.2. The molecule has 3 heterocycles. The number of thiazole rings is 1. The molecule has 0 aliphatic heterocycles. The second-order valence-electron chi connectivity index (χ2n) is 5.46. The van der Waals surface area contributed by atoms with Gasteiger partial charge in [0.15, 0.2) is 9.84 Å². The molecule has 0 saturated heterocycles. The number of hydrogen-bond acceptors (Lipinski definition) is 8. The largest absolute Gasteiger partial charge is 0.265 e. The molecule has 0 unspecified atom stereocenters. The normalized spacial score (nSPS) is 11.6. The smallest absolute Gasteiger partial charge is 0.206 e. The summed E-state index contributed by atoms with van der Waals surface area (Å²) in [7, 11) is -3.49. The topological polar surface area (TPSA) is 114 Å². The van der Waals surface area contributed by atoms with Gasteiger partial charge in [-0.25, -0.2) is 13.4 Å². The highest BCUT2D eigenvalue weighted by Gasteiger charge is 2.23.